The van der Waals surface area contributed by atoms with Crippen molar-refractivity contribution < 1.29 is 9.84 Å². The maximum atomic E-state index is 9.72. The second-order valence-electron chi connectivity index (χ2n) is 4.71. The lowest BCUT2D eigenvalue weighted by molar-refractivity contribution is 0.0695. The van der Waals surface area contributed by atoms with Crippen molar-refractivity contribution in [1.29, 1.82) is 0 Å². The topological polar surface area (TPSA) is 44.7 Å². The van der Waals surface area contributed by atoms with E-state index in [1.807, 2.05) is 37.2 Å². The lowest BCUT2D eigenvalue weighted by Crippen LogP contribution is -2.31. The van der Waals surface area contributed by atoms with Crippen LogP contribution in [0.4, 0.5) is 5.69 Å². The van der Waals surface area contributed by atoms with E-state index in [-0.39, 0.29) is 6.04 Å². The number of rotatable bonds is 7. The van der Waals surface area contributed by atoms with Crippen molar-refractivity contribution in [3.8, 4) is 0 Å². The number of ether oxygens (including phenoxy) is 1. The average molecular weight is 287 g/mol. The van der Waals surface area contributed by atoms with Gasteiger partial charge in [0.25, 0.3) is 0 Å². The van der Waals surface area contributed by atoms with Gasteiger partial charge in [0.15, 0.2) is 0 Å². The Morgan fingerprint density at radius 1 is 1.47 bits per heavy atom. The van der Waals surface area contributed by atoms with Gasteiger partial charge in [-0.3, -0.25) is 0 Å². The molecular formula is C14H23ClN2O2. The molecule has 0 aliphatic carbocycles. The Morgan fingerprint density at radius 2 is 2.16 bits per heavy atom. The molecule has 0 fully saturated rings. The molecule has 1 aromatic carbocycles. The van der Waals surface area contributed by atoms with Gasteiger partial charge in [0.1, 0.15) is 0 Å². The van der Waals surface area contributed by atoms with Crippen molar-refractivity contribution in [2.24, 2.45) is 0 Å². The molecule has 1 rings (SSSR count). The van der Waals surface area contributed by atoms with E-state index >= 15 is 0 Å². The fourth-order valence-corrected chi connectivity index (χ4v) is 2.27. The van der Waals surface area contributed by atoms with Crippen LogP contribution in [0.3, 0.4) is 0 Å². The van der Waals surface area contributed by atoms with Crippen molar-refractivity contribution in [1.82, 2.24) is 5.32 Å². The van der Waals surface area contributed by atoms with Crippen molar-refractivity contribution in [2.45, 2.75) is 19.1 Å². The molecule has 2 N–H and O–H groups in total. The van der Waals surface area contributed by atoms with Crippen molar-refractivity contribution in [3.05, 3.63) is 28.8 Å². The Balaban J connectivity index is 2.77. The number of aliphatic hydroxyl groups is 1. The first-order chi connectivity index (χ1) is 8.99. The van der Waals surface area contributed by atoms with Crippen LogP contribution in [0.15, 0.2) is 18.2 Å². The van der Waals surface area contributed by atoms with E-state index in [4.69, 9.17) is 16.3 Å². The third-order valence-corrected chi connectivity index (χ3v) is 3.50. The lowest BCUT2D eigenvalue weighted by Gasteiger charge is -2.23. The normalized spacial score (nSPS) is 14.2. The van der Waals surface area contributed by atoms with Crippen LogP contribution in [-0.4, -0.2) is 45.6 Å². The first-order valence-corrected chi connectivity index (χ1v) is 6.72. The Labute approximate surface area is 120 Å². The standard InChI is InChI=1S/C14H23ClN2O2/c1-10(16-2)13-6-5-11(7-14(13)15)17(3)8-12(18)9-19-4/h5-7,10,12,16,18H,8-9H2,1-4H3. The Hall–Kier alpha value is -0.810. The fraction of sp³-hybridized carbons (Fsp3) is 0.571. The summed E-state index contributed by atoms with van der Waals surface area (Å²) in [5.74, 6) is 0. The van der Waals surface area contributed by atoms with Gasteiger partial charge in [0.2, 0.25) is 0 Å². The molecule has 0 aliphatic rings. The summed E-state index contributed by atoms with van der Waals surface area (Å²) in [7, 11) is 5.40. The predicted molar refractivity (Wildman–Crippen MR) is 80.1 cm³/mol. The van der Waals surface area contributed by atoms with Crippen LogP contribution in [0.25, 0.3) is 0 Å². The number of hydrogen-bond acceptors (Lipinski definition) is 4. The van der Waals surface area contributed by atoms with Gasteiger partial charge >= 0.3 is 0 Å². The van der Waals surface area contributed by atoms with Gasteiger partial charge in [-0.25, -0.2) is 0 Å². The summed E-state index contributed by atoms with van der Waals surface area (Å²) in [6, 6.07) is 6.16. The number of nitrogens with zero attached hydrogens (tertiary/aromatic N) is 1. The minimum absolute atomic E-state index is 0.214. The highest BCUT2D eigenvalue weighted by molar-refractivity contribution is 6.31. The first-order valence-electron chi connectivity index (χ1n) is 6.34. The van der Waals surface area contributed by atoms with Crippen LogP contribution in [-0.2, 0) is 4.74 Å². The van der Waals surface area contributed by atoms with E-state index in [0.29, 0.717) is 13.2 Å². The van der Waals surface area contributed by atoms with Crippen LogP contribution < -0.4 is 10.2 Å². The highest BCUT2D eigenvalue weighted by Gasteiger charge is 2.12. The van der Waals surface area contributed by atoms with Gasteiger partial charge in [0.05, 0.1) is 12.7 Å². The minimum Gasteiger partial charge on any atom is -0.389 e. The van der Waals surface area contributed by atoms with Crippen LogP contribution >= 0.6 is 11.6 Å². The van der Waals surface area contributed by atoms with Crippen LogP contribution in [0.5, 0.6) is 0 Å². The molecule has 0 heterocycles. The Bertz CT molecular complexity index is 401. The van der Waals surface area contributed by atoms with Gasteiger partial charge in [-0.1, -0.05) is 17.7 Å². The molecule has 0 saturated carbocycles. The third-order valence-electron chi connectivity index (χ3n) is 3.17. The van der Waals surface area contributed by atoms with E-state index < -0.39 is 6.10 Å². The van der Waals surface area contributed by atoms with E-state index in [1.165, 1.54) is 0 Å². The molecule has 4 nitrogen and oxygen atoms in total. The highest BCUT2D eigenvalue weighted by atomic mass is 35.5. The van der Waals surface area contributed by atoms with E-state index in [1.54, 1.807) is 7.11 Å². The summed E-state index contributed by atoms with van der Waals surface area (Å²) in [6.07, 6.45) is -0.510. The Kier molecular flexibility index (Phi) is 6.58. The molecule has 0 radical (unpaired) electrons. The zero-order valence-corrected chi connectivity index (χ0v) is 12.7. The molecule has 0 spiro atoms. The number of benzene rings is 1. The van der Waals surface area contributed by atoms with Gasteiger partial charge in [-0.15, -0.1) is 0 Å². The first kappa shape index (κ1) is 16.2. The van der Waals surface area contributed by atoms with E-state index in [0.717, 1.165) is 16.3 Å². The van der Waals surface area contributed by atoms with Crippen LogP contribution in [0.2, 0.25) is 5.02 Å². The molecule has 2 atom stereocenters. The number of halogens is 1. The number of anilines is 1. The quantitative estimate of drug-likeness (QED) is 0.805. The molecule has 19 heavy (non-hydrogen) atoms. The molecule has 0 aliphatic heterocycles. The molecule has 2 unspecified atom stereocenters. The zero-order chi connectivity index (χ0) is 14.4. The van der Waals surface area contributed by atoms with E-state index in [9.17, 15) is 5.11 Å². The van der Waals surface area contributed by atoms with E-state index in [2.05, 4.69) is 12.2 Å². The summed E-state index contributed by atoms with van der Waals surface area (Å²) in [6.45, 7) is 2.89. The molecule has 0 bridgehead atoms. The largest absolute Gasteiger partial charge is 0.389 e. The second kappa shape index (κ2) is 7.70. The number of likely N-dealkylation sites (N-methyl/N-ethyl adjacent to an activating group) is 1. The van der Waals surface area contributed by atoms with Crippen molar-refractivity contribution in [3.63, 3.8) is 0 Å². The number of aliphatic hydroxyl groups excluding tert-OH is 1. The van der Waals surface area contributed by atoms with Gasteiger partial charge < -0.3 is 20.1 Å². The fourth-order valence-electron chi connectivity index (χ4n) is 1.93. The SMILES string of the molecule is CNC(C)c1ccc(N(C)CC(O)COC)cc1Cl. The maximum absolute atomic E-state index is 9.72. The molecule has 5 heteroatoms. The van der Waals surface area contributed by atoms with Gasteiger partial charge in [-0.05, 0) is 31.7 Å². The lowest BCUT2D eigenvalue weighted by atomic mass is 10.1. The molecule has 0 saturated heterocycles. The average Bonchev–Trinajstić information content (AvgIpc) is 2.37. The van der Waals surface area contributed by atoms with Gasteiger partial charge in [0, 0.05) is 37.5 Å². The third kappa shape index (κ3) is 4.66. The van der Waals surface area contributed by atoms with Gasteiger partial charge in [-0.2, -0.15) is 0 Å². The highest BCUT2D eigenvalue weighted by Crippen LogP contribution is 2.27. The van der Waals surface area contributed by atoms with Crippen molar-refractivity contribution >= 4 is 17.3 Å². The number of methoxy groups -OCH3 is 1. The molecule has 1 aromatic rings. The monoisotopic (exact) mass is 286 g/mol. The van der Waals surface area contributed by atoms with Crippen LogP contribution in [0.1, 0.15) is 18.5 Å². The molecule has 0 amide bonds. The minimum atomic E-state index is -0.510. The van der Waals surface area contributed by atoms with Crippen molar-refractivity contribution in [2.75, 3.05) is 39.3 Å². The molecule has 108 valence electrons. The Morgan fingerprint density at radius 3 is 2.68 bits per heavy atom. The zero-order valence-electron chi connectivity index (χ0n) is 12.0. The maximum Gasteiger partial charge on any atom is 0.0947 e. The summed E-state index contributed by atoms with van der Waals surface area (Å²) in [5, 5.41) is 13.6. The second-order valence-corrected chi connectivity index (χ2v) is 5.11. The number of hydrogen-bond donors (Lipinski definition) is 2. The summed E-state index contributed by atoms with van der Waals surface area (Å²) >= 11 is 6.29. The summed E-state index contributed by atoms with van der Waals surface area (Å²) in [4.78, 5) is 1.96. The summed E-state index contributed by atoms with van der Waals surface area (Å²) < 4.78 is 4.92. The molecule has 0 aromatic heterocycles. The van der Waals surface area contributed by atoms with Crippen LogP contribution in [0, 0.1) is 0 Å². The predicted octanol–water partition coefficient (Wildman–Crippen LogP) is 2.06. The summed E-state index contributed by atoms with van der Waals surface area (Å²) in [5.41, 5.74) is 2.05. The molecular weight excluding hydrogens is 264 g/mol. The number of nitrogens with one attached hydrogen (secondary N) is 1. The smallest absolute Gasteiger partial charge is 0.0947 e.